The van der Waals surface area contributed by atoms with Gasteiger partial charge in [0.1, 0.15) is 5.76 Å². The van der Waals surface area contributed by atoms with E-state index in [9.17, 15) is 4.79 Å². The Morgan fingerprint density at radius 2 is 2.06 bits per heavy atom. The molecule has 94 valence electrons. The molecule has 2 rings (SSSR count). The first-order valence-electron chi connectivity index (χ1n) is 5.82. The van der Waals surface area contributed by atoms with Crippen LogP contribution < -0.4 is 11.1 Å². The Morgan fingerprint density at radius 3 is 2.61 bits per heavy atom. The van der Waals surface area contributed by atoms with Gasteiger partial charge in [0.05, 0.1) is 17.9 Å². The quantitative estimate of drug-likeness (QED) is 0.864. The van der Waals surface area contributed by atoms with Crippen LogP contribution in [0.2, 0.25) is 0 Å². The van der Waals surface area contributed by atoms with Crippen molar-refractivity contribution in [3.05, 3.63) is 59.5 Å². The molecular weight excluding hydrogens is 228 g/mol. The van der Waals surface area contributed by atoms with Gasteiger partial charge in [-0.2, -0.15) is 0 Å². The molecule has 1 amide bonds. The highest BCUT2D eigenvalue weighted by Gasteiger charge is 2.16. The summed E-state index contributed by atoms with van der Waals surface area (Å²) in [6.07, 6.45) is 1.50. The summed E-state index contributed by atoms with van der Waals surface area (Å²) in [6.45, 7) is 2.11. The van der Waals surface area contributed by atoms with Crippen LogP contribution >= 0.6 is 0 Å². The number of aryl methyl sites for hydroxylation is 1. The van der Waals surface area contributed by atoms with E-state index in [0.717, 1.165) is 5.56 Å². The average molecular weight is 244 g/mol. The summed E-state index contributed by atoms with van der Waals surface area (Å²) in [4.78, 5) is 12.0. The lowest BCUT2D eigenvalue weighted by atomic mass is 10.1. The molecular formula is C14H16N2O2. The number of hydrogen-bond donors (Lipinski definition) is 2. The summed E-state index contributed by atoms with van der Waals surface area (Å²) in [6, 6.07) is 11.1. The summed E-state index contributed by atoms with van der Waals surface area (Å²) in [7, 11) is 0. The first-order chi connectivity index (χ1) is 8.72. The minimum Gasteiger partial charge on any atom is -0.469 e. The molecule has 0 aliphatic carbocycles. The third kappa shape index (κ3) is 2.60. The van der Waals surface area contributed by atoms with Crippen molar-refractivity contribution < 1.29 is 9.21 Å². The summed E-state index contributed by atoms with van der Waals surface area (Å²) >= 11 is 0. The zero-order chi connectivity index (χ0) is 13.0. The van der Waals surface area contributed by atoms with E-state index in [1.807, 2.05) is 30.3 Å². The molecule has 0 fully saturated rings. The Kier molecular flexibility index (Phi) is 3.79. The number of nitrogens with one attached hydrogen (secondary N) is 1. The predicted molar refractivity (Wildman–Crippen MR) is 69.1 cm³/mol. The third-order valence-electron chi connectivity index (χ3n) is 2.85. The van der Waals surface area contributed by atoms with Gasteiger partial charge in [-0.3, -0.25) is 4.79 Å². The molecule has 4 heteroatoms. The van der Waals surface area contributed by atoms with Gasteiger partial charge in [-0.1, -0.05) is 30.3 Å². The summed E-state index contributed by atoms with van der Waals surface area (Å²) in [5.74, 6) is 0.442. The maximum Gasteiger partial charge on any atom is 0.255 e. The van der Waals surface area contributed by atoms with E-state index in [1.165, 1.54) is 6.26 Å². The summed E-state index contributed by atoms with van der Waals surface area (Å²) < 4.78 is 5.11. The van der Waals surface area contributed by atoms with Gasteiger partial charge >= 0.3 is 0 Å². The molecule has 0 saturated carbocycles. The minimum atomic E-state index is -0.187. The van der Waals surface area contributed by atoms with Gasteiger partial charge < -0.3 is 15.5 Å². The van der Waals surface area contributed by atoms with E-state index in [2.05, 4.69) is 5.32 Å². The first kappa shape index (κ1) is 12.4. The van der Waals surface area contributed by atoms with Crippen LogP contribution in [0.15, 0.2) is 47.1 Å². The first-order valence-corrected chi connectivity index (χ1v) is 5.82. The number of hydrogen-bond acceptors (Lipinski definition) is 3. The second-order valence-corrected chi connectivity index (χ2v) is 4.06. The van der Waals surface area contributed by atoms with Gasteiger partial charge in [0.2, 0.25) is 0 Å². The molecule has 1 aromatic heterocycles. The van der Waals surface area contributed by atoms with Crippen LogP contribution in [0.4, 0.5) is 0 Å². The number of carbonyl (C=O) groups is 1. The Bertz CT molecular complexity index is 520. The molecule has 1 unspecified atom stereocenters. The second kappa shape index (κ2) is 5.51. The van der Waals surface area contributed by atoms with Crippen molar-refractivity contribution in [1.82, 2.24) is 5.32 Å². The largest absolute Gasteiger partial charge is 0.469 e. The predicted octanol–water partition coefficient (Wildman–Crippen LogP) is 2.02. The zero-order valence-corrected chi connectivity index (χ0v) is 10.2. The van der Waals surface area contributed by atoms with E-state index < -0.39 is 0 Å². The van der Waals surface area contributed by atoms with Gasteiger partial charge in [0.15, 0.2) is 0 Å². The summed E-state index contributed by atoms with van der Waals surface area (Å²) in [5, 5.41) is 2.90. The number of amides is 1. The molecule has 0 radical (unpaired) electrons. The number of carbonyl (C=O) groups excluding carboxylic acids is 1. The maximum atomic E-state index is 12.0. The van der Waals surface area contributed by atoms with Crippen LogP contribution in [0.1, 0.15) is 27.7 Å². The highest BCUT2D eigenvalue weighted by Crippen LogP contribution is 2.14. The molecule has 18 heavy (non-hydrogen) atoms. The maximum absolute atomic E-state index is 12.0. The third-order valence-corrected chi connectivity index (χ3v) is 2.85. The van der Waals surface area contributed by atoms with Crippen LogP contribution in [0.5, 0.6) is 0 Å². The Morgan fingerprint density at radius 1 is 1.33 bits per heavy atom. The Balaban J connectivity index is 2.13. The number of benzene rings is 1. The van der Waals surface area contributed by atoms with E-state index in [1.54, 1.807) is 13.0 Å². The van der Waals surface area contributed by atoms with E-state index in [4.69, 9.17) is 10.2 Å². The molecule has 0 spiro atoms. The molecule has 0 saturated heterocycles. The SMILES string of the molecule is Cc1occc1C(=O)NC(CN)c1ccccc1. The van der Waals surface area contributed by atoms with Crippen LogP contribution in [0.3, 0.4) is 0 Å². The highest BCUT2D eigenvalue weighted by atomic mass is 16.3. The van der Waals surface area contributed by atoms with Crippen molar-refractivity contribution >= 4 is 5.91 Å². The molecule has 0 bridgehead atoms. The van der Waals surface area contributed by atoms with Crippen molar-refractivity contribution in [2.75, 3.05) is 6.54 Å². The fourth-order valence-corrected chi connectivity index (χ4v) is 1.82. The number of furan rings is 1. The molecule has 4 nitrogen and oxygen atoms in total. The average Bonchev–Trinajstić information content (AvgIpc) is 2.83. The van der Waals surface area contributed by atoms with Crippen LogP contribution in [-0.4, -0.2) is 12.5 Å². The van der Waals surface area contributed by atoms with Gasteiger partial charge in [0.25, 0.3) is 5.91 Å². The van der Waals surface area contributed by atoms with Crippen molar-refractivity contribution in [2.24, 2.45) is 5.73 Å². The van der Waals surface area contributed by atoms with E-state index in [0.29, 0.717) is 17.9 Å². The molecule has 0 aliphatic rings. The fourth-order valence-electron chi connectivity index (χ4n) is 1.82. The summed E-state index contributed by atoms with van der Waals surface area (Å²) in [5.41, 5.74) is 7.25. The molecule has 0 aliphatic heterocycles. The highest BCUT2D eigenvalue weighted by molar-refractivity contribution is 5.95. The van der Waals surface area contributed by atoms with Gasteiger partial charge in [-0.05, 0) is 18.6 Å². The molecule has 1 aromatic carbocycles. The number of nitrogens with two attached hydrogens (primary N) is 1. The minimum absolute atomic E-state index is 0.166. The van der Waals surface area contributed by atoms with Crippen molar-refractivity contribution in [3.63, 3.8) is 0 Å². The van der Waals surface area contributed by atoms with E-state index >= 15 is 0 Å². The molecule has 1 atom stereocenters. The zero-order valence-electron chi connectivity index (χ0n) is 10.2. The molecule has 1 heterocycles. The van der Waals surface area contributed by atoms with E-state index in [-0.39, 0.29) is 11.9 Å². The molecule has 3 N–H and O–H groups in total. The molecule has 2 aromatic rings. The normalized spacial score (nSPS) is 12.1. The Labute approximate surface area is 106 Å². The topological polar surface area (TPSA) is 68.3 Å². The van der Waals surface area contributed by atoms with Crippen LogP contribution in [0.25, 0.3) is 0 Å². The van der Waals surface area contributed by atoms with Gasteiger partial charge in [0, 0.05) is 6.54 Å². The standard InChI is InChI=1S/C14H16N2O2/c1-10-12(7-8-18-10)14(17)16-13(9-15)11-5-3-2-4-6-11/h2-8,13H,9,15H2,1H3,(H,16,17). The lowest BCUT2D eigenvalue weighted by molar-refractivity contribution is 0.0936. The lowest BCUT2D eigenvalue weighted by Crippen LogP contribution is -2.33. The smallest absolute Gasteiger partial charge is 0.255 e. The van der Waals surface area contributed by atoms with Crippen molar-refractivity contribution in [2.45, 2.75) is 13.0 Å². The lowest BCUT2D eigenvalue weighted by Gasteiger charge is -2.16. The van der Waals surface area contributed by atoms with Crippen LogP contribution in [-0.2, 0) is 0 Å². The van der Waals surface area contributed by atoms with Crippen LogP contribution in [0, 0.1) is 6.92 Å². The Hall–Kier alpha value is -2.07. The second-order valence-electron chi connectivity index (χ2n) is 4.06. The van der Waals surface area contributed by atoms with Gasteiger partial charge in [-0.15, -0.1) is 0 Å². The monoisotopic (exact) mass is 244 g/mol. The van der Waals surface area contributed by atoms with Crippen molar-refractivity contribution in [3.8, 4) is 0 Å². The van der Waals surface area contributed by atoms with Crippen molar-refractivity contribution in [1.29, 1.82) is 0 Å². The number of rotatable bonds is 4. The fraction of sp³-hybridized carbons (Fsp3) is 0.214. The van der Waals surface area contributed by atoms with Gasteiger partial charge in [-0.25, -0.2) is 0 Å².